The van der Waals surface area contributed by atoms with Gasteiger partial charge in [-0.3, -0.25) is 0 Å². The summed E-state index contributed by atoms with van der Waals surface area (Å²) in [6, 6.07) is 7.83. The minimum absolute atomic E-state index is 0.267. The van der Waals surface area contributed by atoms with E-state index in [1.54, 1.807) is 0 Å². The first-order chi connectivity index (χ1) is 12.3. The Morgan fingerprint density at radius 3 is 2.38 bits per heavy atom. The fourth-order valence-corrected chi connectivity index (χ4v) is 4.15. The van der Waals surface area contributed by atoms with Crippen LogP contribution in [0.4, 0.5) is 0 Å². The molecule has 2 aromatic rings. The van der Waals surface area contributed by atoms with Crippen molar-refractivity contribution in [2.45, 2.75) is 83.8 Å². The summed E-state index contributed by atoms with van der Waals surface area (Å²) in [5, 5.41) is 1.05. The van der Waals surface area contributed by atoms with Gasteiger partial charge in [0.05, 0.1) is 0 Å². The van der Waals surface area contributed by atoms with Crippen LogP contribution in [0.1, 0.15) is 83.8 Å². The van der Waals surface area contributed by atoms with Crippen LogP contribution in [-0.2, 0) is 6.42 Å². The summed E-state index contributed by atoms with van der Waals surface area (Å²) in [7, 11) is 0. The molecule has 0 spiro atoms. The van der Waals surface area contributed by atoms with Gasteiger partial charge < -0.3 is 4.42 Å². The van der Waals surface area contributed by atoms with Crippen molar-refractivity contribution in [2.75, 3.05) is 5.75 Å². The van der Waals surface area contributed by atoms with Gasteiger partial charge in [-0.1, -0.05) is 59.9 Å². The van der Waals surface area contributed by atoms with Gasteiger partial charge in [0.15, 0.2) is 0 Å². The molecule has 1 heterocycles. The van der Waals surface area contributed by atoms with Crippen LogP contribution in [0.5, 0.6) is 0 Å². The Bertz CT molecular complexity index is 753. The first-order valence-electron chi connectivity index (χ1n) is 9.97. The van der Waals surface area contributed by atoms with Crippen molar-refractivity contribution in [1.29, 1.82) is 0 Å². The summed E-state index contributed by atoms with van der Waals surface area (Å²) < 4.78 is 5.85. The van der Waals surface area contributed by atoms with Crippen molar-refractivity contribution >= 4 is 22.7 Å². The van der Waals surface area contributed by atoms with Gasteiger partial charge in [0.1, 0.15) is 5.58 Å². The number of benzene rings is 1. The maximum atomic E-state index is 11.5. The average Bonchev–Trinajstić information content (AvgIpc) is 2.55. The van der Waals surface area contributed by atoms with Crippen molar-refractivity contribution in [3.8, 4) is 0 Å². The molecule has 0 bridgehead atoms. The smallest absolute Gasteiger partial charge is 0.336 e. The lowest BCUT2D eigenvalue weighted by atomic mass is 9.95. The third-order valence-corrected chi connectivity index (χ3v) is 5.93. The summed E-state index contributed by atoms with van der Waals surface area (Å²) in [6.07, 6.45) is 7.61. The van der Waals surface area contributed by atoms with Crippen LogP contribution in [-0.4, -0.2) is 10.5 Å². The Hall–Kier alpha value is -1.22. The highest BCUT2D eigenvalue weighted by Gasteiger charge is 2.11. The molecule has 0 atom stereocenters. The van der Waals surface area contributed by atoms with Crippen LogP contribution in [0.2, 0.25) is 0 Å². The number of hydrogen-bond donors (Lipinski definition) is 0. The molecular formula is C23H34O2S. The van der Waals surface area contributed by atoms with Crippen molar-refractivity contribution in [3.05, 3.63) is 45.8 Å². The maximum Gasteiger partial charge on any atom is 0.336 e. The van der Waals surface area contributed by atoms with E-state index in [9.17, 15) is 4.79 Å². The van der Waals surface area contributed by atoms with Gasteiger partial charge in [-0.05, 0) is 54.2 Å². The van der Waals surface area contributed by atoms with Crippen LogP contribution in [0.15, 0.2) is 33.5 Å². The van der Waals surface area contributed by atoms with E-state index in [-0.39, 0.29) is 5.63 Å². The molecule has 0 fully saturated rings. The van der Waals surface area contributed by atoms with Gasteiger partial charge in [-0.2, -0.15) is 11.8 Å². The molecular weight excluding hydrogens is 340 g/mol. The number of rotatable bonds is 9. The van der Waals surface area contributed by atoms with E-state index < -0.39 is 0 Å². The van der Waals surface area contributed by atoms with Crippen LogP contribution in [0.25, 0.3) is 11.0 Å². The van der Waals surface area contributed by atoms with Crippen LogP contribution >= 0.6 is 11.8 Å². The minimum Gasteiger partial charge on any atom is -0.422 e. The summed E-state index contributed by atoms with van der Waals surface area (Å²) in [5.41, 5.74) is 3.00. The number of aryl methyl sites for hydroxylation is 1. The SMILES string of the molecule is CC(C)c1cc(CCCCCCCSC(C)(C)C)cc2ccc(=O)oc12. The van der Waals surface area contributed by atoms with E-state index in [4.69, 9.17) is 4.42 Å². The molecule has 0 aliphatic rings. The first-order valence-corrected chi connectivity index (χ1v) is 11.0. The van der Waals surface area contributed by atoms with Gasteiger partial charge in [-0.15, -0.1) is 0 Å². The standard InChI is InChI=1S/C23H34O2S/c1-17(2)20-16-18(15-19-12-13-21(24)25-22(19)20)11-9-7-6-8-10-14-26-23(3,4)5/h12-13,15-17H,6-11,14H2,1-5H3. The normalized spacial score (nSPS) is 12.2. The van der Waals surface area contributed by atoms with Crippen LogP contribution < -0.4 is 5.63 Å². The molecule has 26 heavy (non-hydrogen) atoms. The zero-order chi connectivity index (χ0) is 19.2. The predicted molar refractivity (Wildman–Crippen MR) is 116 cm³/mol. The fraction of sp³-hybridized carbons (Fsp3) is 0.609. The molecule has 0 aliphatic heterocycles. The predicted octanol–water partition coefficient (Wildman–Crippen LogP) is 6.94. The van der Waals surface area contributed by atoms with E-state index >= 15 is 0 Å². The molecule has 1 aromatic heterocycles. The van der Waals surface area contributed by atoms with E-state index in [1.807, 2.05) is 6.07 Å². The Labute approximate surface area is 162 Å². The summed E-state index contributed by atoms with van der Waals surface area (Å²) in [5.74, 6) is 1.63. The third kappa shape index (κ3) is 6.83. The van der Waals surface area contributed by atoms with Gasteiger partial charge >= 0.3 is 5.63 Å². The van der Waals surface area contributed by atoms with Gasteiger partial charge in [-0.25, -0.2) is 4.79 Å². The Morgan fingerprint density at radius 2 is 1.69 bits per heavy atom. The summed E-state index contributed by atoms with van der Waals surface area (Å²) in [4.78, 5) is 11.5. The topological polar surface area (TPSA) is 30.2 Å². The van der Waals surface area contributed by atoms with Crippen LogP contribution in [0, 0.1) is 0 Å². The van der Waals surface area contributed by atoms with Crippen molar-refractivity contribution in [2.24, 2.45) is 0 Å². The molecule has 0 amide bonds. The molecule has 144 valence electrons. The van der Waals surface area contributed by atoms with Gasteiger partial charge in [0.25, 0.3) is 0 Å². The van der Waals surface area contributed by atoms with Crippen molar-refractivity contribution in [3.63, 3.8) is 0 Å². The summed E-state index contributed by atoms with van der Waals surface area (Å²) in [6.45, 7) is 11.2. The highest BCUT2D eigenvalue weighted by Crippen LogP contribution is 2.27. The fourth-order valence-electron chi connectivity index (χ4n) is 3.19. The maximum absolute atomic E-state index is 11.5. The number of fused-ring (bicyclic) bond motifs is 1. The molecule has 0 unspecified atom stereocenters. The number of unbranched alkanes of at least 4 members (excludes halogenated alkanes) is 4. The van der Waals surface area contributed by atoms with E-state index in [2.05, 4.69) is 58.5 Å². The Morgan fingerprint density at radius 1 is 1.00 bits per heavy atom. The Kier molecular flexibility index (Phi) is 7.82. The largest absolute Gasteiger partial charge is 0.422 e. The Balaban J connectivity index is 1.84. The molecule has 3 heteroatoms. The summed E-state index contributed by atoms with van der Waals surface area (Å²) >= 11 is 2.07. The number of hydrogen-bond acceptors (Lipinski definition) is 3. The highest BCUT2D eigenvalue weighted by molar-refractivity contribution is 8.00. The van der Waals surface area contributed by atoms with Gasteiger partial charge in [0.2, 0.25) is 0 Å². The molecule has 0 N–H and O–H groups in total. The quantitative estimate of drug-likeness (QED) is 0.352. The second-order valence-electron chi connectivity index (χ2n) is 8.49. The lowest BCUT2D eigenvalue weighted by Gasteiger charge is -2.17. The molecule has 0 aliphatic carbocycles. The van der Waals surface area contributed by atoms with Gasteiger partial charge in [0, 0.05) is 16.2 Å². The second-order valence-corrected chi connectivity index (χ2v) is 10.4. The van der Waals surface area contributed by atoms with E-state index in [0.717, 1.165) is 23.0 Å². The minimum atomic E-state index is -0.267. The lowest BCUT2D eigenvalue weighted by molar-refractivity contribution is 0.554. The average molecular weight is 375 g/mol. The third-order valence-electron chi connectivity index (χ3n) is 4.57. The first kappa shape index (κ1) is 21.1. The monoisotopic (exact) mass is 374 g/mol. The molecule has 0 saturated heterocycles. The number of thioether (sulfide) groups is 1. The van der Waals surface area contributed by atoms with Crippen molar-refractivity contribution < 1.29 is 4.42 Å². The zero-order valence-corrected chi connectivity index (χ0v) is 17.9. The molecule has 0 radical (unpaired) electrons. The van der Waals surface area contributed by atoms with E-state index in [1.165, 1.54) is 49.5 Å². The lowest BCUT2D eigenvalue weighted by Crippen LogP contribution is -2.08. The van der Waals surface area contributed by atoms with E-state index in [0.29, 0.717) is 10.7 Å². The second kappa shape index (κ2) is 9.64. The zero-order valence-electron chi connectivity index (χ0n) is 17.1. The molecule has 2 nitrogen and oxygen atoms in total. The van der Waals surface area contributed by atoms with Crippen LogP contribution in [0.3, 0.4) is 0 Å². The van der Waals surface area contributed by atoms with Crippen molar-refractivity contribution in [1.82, 2.24) is 0 Å². The highest BCUT2D eigenvalue weighted by atomic mass is 32.2. The molecule has 2 rings (SSSR count). The molecule has 1 aromatic carbocycles. The molecule has 0 saturated carbocycles.